The maximum atomic E-state index is 13.1. The number of carbonyl (C=O) groups is 3. The number of piperidine rings is 1. The van der Waals surface area contributed by atoms with Crippen LogP contribution in [0.3, 0.4) is 0 Å². The number of carbonyl (C=O) groups excluding carboxylic acids is 2. The van der Waals surface area contributed by atoms with Gasteiger partial charge in [0, 0.05) is 25.1 Å². The van der Waals surface area contributed by atoms with Gasteiger partial charge in [-0.05, 0) is 55.7 Å². The van der Waals surface area contributed by atoms with Crippen molar-refractivity contribution in [1.82, 2.24) is 10.2 Å². The van der Waals surface area contributed by atoms with Gasteiger partial charge < -0.3 is 15.3 Å². The van der Waals surface area contributed by atoms with Crippen molar-refractivity contribution in [1.29, 1.82) is 0 Å². The van der Waals surface area contributed by atoms with Crippen LogP contribution in [0.25, 0.3) is 0 Å². The van der Waals surface area contributed by atoms with E-state index in [0.29, 0.717) is 23.5 Å². The smallest absolute Gasteiger partial charge is 0.303 e. The molecule has 1 aliphatic carbocycles. The number of carboxylic acids is 1. The number of nitrogens with one attached hydrogen (secondary N) is 1. The highest BCUT2D eigenvalue weighted by atomic mass is 35.5. The zero-order chi connectivity index (χ0) is 21.0. The maximum absolute atomic E-state index is 13.1. The van der Waals surface area contributed by atoms with Crippen molar-refractivity contribution >= 4 is 41.0 Å². The van der Waals surface area contributed by atoms with E-state index in [0.717, 1.165) is 12.8 Å². The summed E-state index contributed by atoms with van der Waals surface area (Å²) in [5.41, 5.74) is 0.646. The number of halogens is 2. The fourth-order valence-electron chi connectivity index (χ4n) is 4.45. The van der Waals surface area contributed by atoms with Gasteiger partial charge in [0.2, 0.25) is 5.91 Å². The van der Waals surface area contributed by atoms with Crippen LogP contribution in [0.5, 0.6) is 0 Å². The Morgan fingerprint density at radius 1 is 1.07 bits per heavy atom. The third-order valence-electron chi connectivity index (χ3n) is 6.23. The number of hydrogen-bond acceptors (Lipinski definition) is 3. The van der Waals surface area contributed by atoms with E-state index in [2.05, 4.69) is 5.32 Å². The molecule has 2 aliphatic rings. The average molecular weight is 441 g/mol. The maximum Gasteiger partial charge on any atom is 0.303 e. The van der Waals surface area contributed by atoms with Gasteiger partial charge in [-0.25, -0.2) is 0 Å². The van der Waals surface area contributed by atoms with Gasteiger partial charge in [-0.3, -0.25) is 14.4 Å². The van der Waals surface area contributed by atoms with Crippen LogP contribution in [0.4, 0.5) is 0 Å². The van der Waals surface area contributed by atoms with E-state index >= 15 is 0 Å². The molecule has 1 aliphatic heterocycles. The SMILES string of the molecule is O=C(O)CCC(NC(=O)c1ccc(Cl)c(Cl)c1)C(=O)N1CCC2(CCCC2)CC1. The summed E-state index contributed by atoms with van der Waals surface area (Å²) in [4.78, 5) is 38.5. The van der Waals surface area contributed by atoms with Crippen LogP contribution in [-0.2, 0) is 9.59 Å². The van der Waals surface area contributed by atoms with Crippen molar-refractivity contribution < 1.29 is 19.5 Å². The van der Waals surface area contributed by atoms with E-state index in [9.17, 15) is 14.4 Å². The van der Waals surface area contributed by atoms with E-state index in [4.69, 9.17) is 28.3 Å². The number of likely N-dealkylation sites (tertiary alicyclic amines) is 1. The summed E-state index contributed by atoms with van der Waals surface area (Å²) >= 11 is 11.9. The van der Waals surface area contributed by atoms with Crippen molar-refractivity contribution in [3.05, 3.63) is 33.8 Å². The minimum Gasteiger partial charge on any atom is -0.481 e. The van der Waals surface area contributed by atoms with E-state index in [-0.39, 0.29) is 29.3 Å². The third kappa shape index (κ3) is 5.43. The minimum atomic E-state index is -1.00. The summed E-state index contributed by atoms with van der Waals surface area (Å²) in [6.45, 7) is 1.32. The molecular weight excluding hydrogens is 415 g/mol. The molecule has 1 atom stereocenters. The molecule has 1 saturated heterocycles. The Labute approximate surface area is 180 Å². The van der Waals surface area contributed by atoms with Crippen LogP contribution in [-0.4, -0.2) is 46.9 Å². The van der Waals surface area contributed by atoms with E-state index in [1.165, 1.54) is 43.9 Å². The van der Waals surface area contributed by atoms with E-state index in [1.807, 2.05) is 0 Å². The molecule has 0 radical (unpaired) electrons. The van der Waals surface area contributed by atoms with Gasteiger partial charge in [0.1, 0.15) is 6.04 Å². The molecule has 6 nitrogen and oxygen atoms in total. The quantitative estimate of drug-likeness (QED) is 0.695. The first-order valence-corrected chi connectivity index (χ1v) is 10.8. The Bertz CT molecular complexity index is 783. The molecule has 1 aromatic rings. The molecule has 158 valence electrons. The number of carboxylic acid groups (broad SMARTS) is 1. The first-order valence-electron chi connectivity index (χ1n) is 10.1. The summed E-state index contributed by atoms with van der Waals surface area (Å²) in [5.74, 6) is -1.70. The third-order valence-corrected chi connectivity index (χ3v) is 6.97. The largest absolute Gasteiger partial charge is 0.481 e. The van der Waals surface area contributed by atoms with E-state index < -0.39 is 17.9 Å². The highest BCUT2D eigenvalue weighted by Gasteiger charge is 2.39. The van der Waals surface area contributed by atoms with E-state index in [1.54, 1.807) is 4.90 Å². The molecule has 1 spiro atoms. The van der Waals surface area contributed by atoms with Crippen molar-refractivity contribution in [3.8, 4) is 0 Å². The second-order valence-corrected chi connectivity index (χ2v) is 8.93. The Kier molecular flexibility index (Phi) is 7.06. The fourth-order valence-corrected chi connectivity index (χ4v) is 4.75. The van der Waals surface area contributed by atoms with Crippen molar-refractivity contribution in [2.24, 2.45) is 5.41 Å². The first kappa shape index (κ1) is 21.9. The molecule has 2 fully saturated rings. The number of benzene rings is 1. The summed E-state index contributed by atoms with van der Waals surface area (Å²) in [6, 6.07) is 3.58. The lowest BCUT2D eigenvalue weighted by Crippen LogP contribution is -2.52. The Morgan fingerprint density at radius 2 is 1.72 bits per heavy atom. The lowest BCUT2D eigenvalue weighted by molar-refractivity contribution is -0.138. The molecule has 2 amide bonds. The van der Waals surface area contributed by atoms with Crippen LogP contribution in [0.15, 0.2) is 18.2 Å². The molecular formula is C21H26Cl2N2O4. The minimum absolute atomic E-state index is 0.0445. The normalized spacial score (nSPS) is 19.2. The molecule has 1 unspecified atom stereocenters. The number of nitrogens with zero attached hydrogens (tertiary/aromatic N) is 1. The van der Waals surface area contributed by atoms with Crippen molar-refractivity contribution in [3.63, 3.8) is 0 Å². The molecule has 1 saturated carbocycles. The average Bonchev–Trinajstić information content (AvgIpc) is 3.15. The van der Waals surface area contributed by atoms with Crippen molar-refractivity contribution in [2.75, 3.05) is 13.1 Å². The Balaban J connectivity index is 1.67. The van der Waals surface area contributed by atoms with Gasteiger partial charge in [-0.15, -0.1) is 0 Å². The second kappa shape index (κ2) is 9.35. The molecule has 3 rings (SSSR count). The molecule has 29 heavy (non-hydrogen) atoms. The number of aliphatic carboxylic acids is 1. The van der Waals surface area contributed by atoms with Gasteiger partial charge in [-0.2, -0.15) is 0 Å². The molecule has 8 heteroatoms. The lowest BCUT2D eigenvalue weighted by Gasteiger charge is -2.40. The monoisotopic (exact) mass is 440 g/mol. The van der Waals surface area contributed by atoms with Crippen LogP contribution < -0.4 is 5.32 Å². The molecule has 0 aromatic heterocycles. The predicted octanol–water partition coefficient (Wildman–Crippen LogP) is 4.14. The Hall–Kier alpha value is -1.79. The number of rotatable bonds is 6. The standard InChI is InChI=1S/C21H26Cl2N2O4/c22-15-4-3-14(13-16(15)23)19(28)24-17(5-6-18(26)27)20(29)25-11-9-21(10-12-25)7-1-2-8-21/h3-4,13,17H,1-2,5-12H2,(H,24,28)(H,26,27). The van der Waals surface area contributed by atoms with Crippen LogP contribution in [0, 0.1) is 5.41 Å². The van der Waals surface area contributed by atoms with Crippen molar-refractivity contribution in [2.45, 2.75) is 57.4 Å². The zero-order valence-corrected chi connectivity index (χ0v) is 17.8. The first-order chi connectivity index (χ1) is 13.8. The topological polar surface area (TPSA) is 86.7 Å². The van der Waals surface area contributed by atoms with Gasteiger partial charge >= 0.3 is 5.97 Å². The molecule has 1 heterocycles. The lowest BCUT2D eigenvalue weighted by atomic mass is 9.77. The van der Waals surface area contributed by atoms with Gasteiger partial charge in [0.15, 0.2) is 0 Å². The number of amides is 2. The zero-order valence-electron chi connectivity index (χ0n) is 16.3. The summed E-state index contributed by atoms with van der Waals surface area (Å²) in [6.07, 6.45) is 6.77. The second-order valence-electron chi connectivity index (χ2n) is 8.12. The molecule has 0 bridgehead atoms. The molecule has 2 N–H and O–H groups in total. The van der Waals surface area contributed by atoms with Gasteiger partial charge in [0.05, 0.1) is 10.0 Å². The Morgan fingerprint density at radius 3 is 2.31 bits per heavy atom. The van der Waals surface area contributed by atoms with Gasteiger partial charge in [-0.1, -0.05) is 36.0 Å². The fraction of sp³-hybridized carbons (Fsp3) is 0.571. The highest BCUT2D eigenvalue weighted by Crippen LogP contribution is 2.46. The number of hydrogen-bond donors (Lipinski definition) is 2. The highest BCUT2D eigenvalue weighted by molar-refractivity contribution is 6.42. The summed E-state index contributed by atoms with van der Waals surface area (Å²) in [5, 5.41) is 12.3. The van der Waals surface area contributed by atoms with Crippen LogP contribution >= 0.6 is 23.2 Å². The summed E-state index contributed by atoms with van der Waals surface area (Å²) in [7, 11) is 0. The predicted molar refractivity (Wildman–Crippen MR) is 111 cm³/mol. The van der Waals surface area contributed by atoms with Crippen LogP contribution in [0.2, 0.25) is 10.0 Å². The van der Waals surface area contributed by atoms with Crippen LogP contribution in [0.1, 0.15) is 61.7 Å². The van der Waals surface area contributed by atoms with Gasteiger partial charge in [0.25, 0.3) is 5.91 Å². The summed E-state index contributed by atoms with van der Waals surface area (Å²) < 4.78 is 0. The molecule has 1 aromatic carbocycles.